The minimum atomic E-state index is -0.0765. The molecular formula is C34H38ClN3ORu-. The van der Waals surface area contributed by atoms with E-state index in [1.807, 2.05) is 30.3 Å². The van der Waals surface area contributed by atoms with E-state index in [9.17, 15) is 0 Å². The van der Waals surface area contributed by atoms with Gasteiger partial charge in [-0.1, -0.05) is 41.5 Å². The van der Waals surface area contributed by atoms with E-state index in [1.54, 1.807) is 12.3 Å². The second-order valence-corrected chi connectivity index (χ2v) is 11.6. The number of anilines is 2. The molecule has 0 saturated heterocycles. The Morgan fingerprint density at radius 1 is 0.750 bits per heavy atom. The van der Waals surface area contributed by atoms with Crippen LogP contribution in [0.4, 0.5) is 11.4 Å². The number of aliphatic hydroxyl groups excluding tert-OH is 1. The number of benzene rings is 3. The third kappa shape index (κ3) is 8.96. The molecule has 1 aliphatic heterocycles. The summed E-state index contributed by atoms with van der Waals surface area (Å²) in [6.07, 6.45) is 5.94. The number of rotatable bonds is 4. The summed E-state index contributed by atoms with van der Waals surface area (Å²) < 4.78 is 2.06. The average Bonchev–Trinajstić information content (AvgIpc) is 3.38. The number of hydrogen-bond acceptors (Lipinski definition) is 4. The number of halogens is 1. The minimum absolute atomic E-state index is 0.0286. The van der Waals surface area contributed by atoms with Crippen LogP contribution in [0, 0.1) is 48.2 Å². The number of pyridine rings is 1. The molecule has 0 unspecified atom stereocenters. The van der Waals surface area contributed by atoms with Crippen LogP contribution in [0.25, 0.3) is 0 Å². The first-order chi connectivity index (χ1) is 19.2. The van der Waals surface area contributed by atoms with Crippen molar-refractivity contribution >= 4 is 25.7 Å². The standard InChI is InChI=1S/C21H25N2.C7H6.C6H7NO.ClH.Ru/c1-14-9-16(3)20(17(4)10-14)22-7-8-23(13-22)21-18(5)11-15(2)12-19(21)6;1-7-5-3-2-4-6-7;8-5-6-3-1-2-4-7-6;;/h7-13H,1-6H3;1-6H;1-4,8H,5H2;1H;/q-1;;;;+1/p-1. The van der Waals surface area contributed by atoms with Crippen LogP contribution in [0.3, 0.4) is 0 Å². The van der Waals surface area contributed by atoms with Gasteiger partial charge in [0.05, 0.1) is 12.3 Å². The predicted octanol–water partition coefficient (Wildman–Crippen LogP) is 8.10. The van der Waals surface area contributed by atoms with Gasteiger partial charge in [0.15, 0.2) is 0 Å². The second kappa shape index (κ2) is 15.6. The second-order valence-electron chi connectivity index (χ2n) is 9.79. The molecule has 0 aliphatic carbocycles. The predicted molar refractivity (Wildman–Crippen MR) is 167 cm³/mol. The van der Waals surface area contributed by atoms with Crippen molar-refractivity contribution < 1.29 is 20.8 Å². The van der Waals surface area contributed by atoms with Crippen LogP contribution in [-0.4, -0.2) is 14.7 Å². The Labute approximate surface area is 251 Å². The first-order valence-electron chi connectivity index (χ1n) is 13.1. The fourth-order valence-electron chi connectivity index (χ4n) is 4.84. The van der Waals surface area contributed by atoms with Crippen molar-refractivity contribution in [2.24, 2.45) is 0 Å². The number of aliphatic hydroxyl groups is 1. The van der Waals surface area contributed by atoms with Crippen molar-refractivity contribution in [3.8, 4) is 0 Å². The summed E-state index contributed by atoms with van der Waals surface area (Å²) in [6.45, 7) is 15.2. The molecule has 4 aromatic rings. The van der Waals surface area contributed by atoms with Gasteiger partial charge in [-0.15, -0.1) is 6.67 Å². The van der Waals surface area contributed by atoms with Crippen molar-refractivity contribution in [1.82, 2.24) is 4.98 Å². The van der Waals surface area contributed by atoms with E-state index in [-0.39, 0.29) is 22.3 Å². The van der Waals surface area contributed by atoms with Crippen LogP contribution < -0.4 is 9.80 Å². The molecule has 6 heteroatoms. The number of nitrogens with zero attached hydrogens (tertiary/aromatic N) is 3. The molecule has 1 aromatic heterocycles. The van der Waals surface area contributed by atoms with Crippen LogP contribution in [0.15, 0.2) is 91.4 Å². The van der Waals surface area contributed by atoms with E-state index < -0.39 is 0 Å². The summed E-state index contributed by atoms with van der Waals surface area (Å²) in [5, 5.41) is 8.48. The number of aryl methyl sites for hydroxylation is 6. The van der Waals surface area contributed by atoms with Gasteiger partial charge in [0.2, 0.25) is 0 Å². The van der Waals surface area contributed by atoms with E-state index in [4.69, 9.17) is 14.8 Å². The van der Waals surface area contributed by atoms with Gasteiger partial charge in [-0.25, -0.2) is 0 Å². The van der Waals surface area contributed by atoms with Gasteiger partial charge >= 0.3 is 65.9 Å². The van der Waals surface area contributed by atoms with Crippen molar-refractivity contribution in [3.63, 3.8) is 0 Å². The molecule has 0 fully saturated rings. The Hall–Kier alpha value is -3.11. The van der Waals surface area contributed by atoms with Gasteiger partial charge in [0.25, 0.3) is 0 Å². The van der Waals surface area contributed by atoms with Crippen molar-refractivity contribution in [2.45, 2.75) is 48.1 Å². The number of hydrogen-bond donors (Lipinski definition) is 1. The van der Waals surface area contributed by atoms with E-state index in [0.717, 1.165) is 0 Å². The molecule has 2 heterocycles. The molecule has 4 nitrogen and oxygen atoms in total. The van der Waals surface area contributed by atoms with Gasteiger partial charge in [0.1, 0.15) is 0 Å². The SMILES string of the molecule is Cc1cc(C)c(N2C=CN(c3c(C)cc(C)cc3C)[CH-]2)c(C)c1.OCc1ccccn1.[Cl][Ru]=[CH]c1ccccc1. The molecule has 1 N–H and O–H groups in total. The fourth-order valence-corrected chi connectivity index (χ4v) is 5.92. The summed E-state index contributed by atoms with van der Waals surface area (Å²) in [5.41, 5.74) is 12.4. The Morgan fingerprint density at radius 2 is 1.23 bits per heavy atom. The van der Waals surface area contributed by atoms with Gasteiger partial charge < -0.3 is 14.9 Å². The monoisotopic (exact) mass is 641 g/mol. The molecule has 0 radical (unpaired) electrons. The third-order valence-corrected chi connectivity index (χ3v) is 7.49. The Morgan fingerprint density at radius 3 is 1.60 bits per heavy atom. The molecule has 3 aromatic carbocycles. The molecule has 0 bridgehead atoms. The van der Waals surface area contributed by atoms with Crippen LogP contribution in [0.1, 0.15) is 44.6 Å². The topological polar surface area (TPSA) is 39.6 Å². The van der Waals surface area contributed by atoms with E-state index in [1.165, 1.54) is 50.3 Å². The Kier molecular flexibility index (Phi) is 12.3. The first-order valence-corrected chi connectivity index (χ1v) is 16.3. The zero-order valence-electron chi connectivity index (χ0n) is 24.0. The summed E-state index contributed by atoms with van der Waals surface area (Å²) in [5.74, 6) is 0. The van der Waals surface area contributed by atoms with Crippen LogP contribution >= 0.6 is 9.69 Å². The molecule has 5 rings (SSSR count). The molecule has 0 spiro atoms. The third-order valence-electron chi connectivity index (χ3n) is 6.27. The van der Waals surface area contributed by atoms with Crippen molar-refractivity contribution in [2.75, 3.05) is 9.80 Å². The molecule has 211 valence electrons. The van der Waals surface area contributed by atoms with E-state index in [0.29, 0.717) is 5.69 Å². The quantitative estimate of drug-likeness (QED) is 0.181. The normalized spacial score (nSPS) is 12.4. The van der Waals surface area contributed by atoms with Crippen molar-refractivity contribution in [1.29, 1.82) is 0 Å². The summed E-state index contributed by atoms with van der Waals surface area (Å²) in [6, 6.07) is 24.6. The summed E-state index contributed by atoms with van der Waals surface area (Å²) in [7, 11) is 5.57. The summed E-state index contributed by atoms with van der Waals surface area (Å²) in [4.78, 5) is 8.30. The molecule has 0 atom stereocenters. The molecule has 0 amide bonds. The van der Waals surface area contributed by atoms with E-state index in [2.05, 4.69) is 116 Å². The molecule has 1 aliphatic rings. The van der Waals surface area contributed by atoms with E-state index >= 15 is 0 Å². The maximum absolute atomic E-state index is 8.48. The molecule has 0 saturated carbocycles. The van der Waals surface area contributed by atoms with Gasteiger partial charge in [-0.2, -0.15) is 0 Å². The maximum atomic E-state index is 8.48. The Bertz CT molecular complexity index is 1330. The number of aromatic nitrogens is 1. The molecular weight excluding hydrogens is 603 g/mol. The van der Waals surface area contributed by atoms with Crippen LogP contribution in [0.5, 0.6) is 0 Å². The average molecular weight is 641 g/mol. The Balaban J connectivity index is 0.000000211. The summed E-state index contributed by atoms with van der Waals surface area (Å²) >= 11 is -0.0765. The van der Waals surface area contributed by atoms with Crippen LogP contribution in [-0.2, 0) is 22.3 Å². The van der Waals surface area contributed by atoms with Gasteiger partial charge in [-0.3, -0.25) is 4.98 Å². The molecule has 40 heavy (non-hydrogen) atoms. The zero-order chi connectivity index (χ0) is 29.1. The first kappa shape index (κ1) is 31.4. The van der Waals surface area contributed by atoms with Crippen LogP contribution in [0.2, 0.25) is 0 Å². The fraction of sp³-hybridized carbons (Fsp3) is 0.206. The zero-order valence-corrected chi connectivity index (χ0v) is 26.5. The van der Waals surface area contributed by atoms with Gasteiger partial charge in [0, 0.05) is 17.6 Å². The van der Waals surface area contributed by atoms with Gasteiger partial charge in [-0.05, 0) is 88.3 Å². The van der Waals surface area contributed by atoms with Crippen molar-refractivity contribution in [3.05, 3.63) is 143 Å².